The van der Waals surface area contributed by atoms with Crippen molar-refractivity contribution in [2.45, 2.75) is 220 Å². The molecule has 0 radical (unpaired) electrons. The molecule has 8 saturated carbocycles. The highest BCUT2D eigenvalue weighted by Gasteiger charge is 2.63. The Hall–Kier alpha value is -3.79. The smallest absolute Gasteiger partial charge is 0.311 e. The number of allylic oxidation sites excluding steroid dienone is 2. The van der Waals surface area contributed by atoms with Gasteiger partial charge < -0.3 is 24.1 Å². The van der Waals surface area contributed by atoms with Crippen LogP contribution >= 0.6 is 0 Å². The highest BCUT2D eigenvalue weighted by atomic mass is 16.6. The van der Waals surface area contributed by atoms with Crippen LogP contribution in [0, 0.1) is 99.1 Å². The van der Waals surface area contributed by atoms with Gasteiger partial charge in [0.15, 0.2) is 5.78 Å². The number of aliphatic hydroxyl groups excluding tert-OH is 1. The number of fused-ring (bicyclic) bond motifs is 15. The molecule has 414 valence electrons. The fraction of sp³-hybridized carbons (Fsp3) is 0.773. The van der Waals surface area contributed by atoms with Gasteiger partial charge in [0.2, 0.25) is 0 Å². The van der Waals surface area contributed by atoms with Crippen LogP contribution in [0.4, 0.5) is 0 Å². The summed E-state index contributed by atoms with van der Waals surface area (Å²) in [7, 11) is 0. The first kappa shape index (κ1) is 52.9. The standard InChI is InChI=1S/C66H90O10/c1-35-28-40-30-42(67)9-13-46(40)60-37(3)33-65(6)51(62(35)60)17-20-54(65)75-58(71)23-22-56(69)73-44-11-15-45-39(32-44)8-12-49-48(45)26-27-64(5)50(49)16-19-53(64)74-57(70)24-25-59(72)76-55-21-18-52-63-36(2)29-41-31-43(68)10-14-47(41)61(63)38(4)34-66(52,55)7/h11,15,30-32,35-38,43,46-55,60-63,68H,8-10,12-14,16-29,33-34H2,1-7H3. The molecule has 1 aromatic rings. The Morgan fingerprint density at radius 1 is 0.553 bits per heavy atom. The third kappa shape index (κ3) is 9.01. The van der Waals surface area contributed by atoms with Gasteiger partial charge in [-0.1, -0.05) is 71.8 Å². The van der Waals surface area contributed by atoms with E-state index in [1.165, 1.54) is 22.3 Å². The second-order valence-corrected chi connectivity index (χ2v) is 28.5. The molecule has 1 N–H and O–H groups in total. The first-order valence-electron chi connectivity index (χ1n) is 30.9. The van der Waals surface area contributed by atoms with Gasteiger partial charge in [0.05, 0.1) is 31.8 Å². The molecule has 0 bridgehead atoms. The summed E-state index contributed by atoms with van der Waals surface area (Å²) in [5.74, 6) is 7.43. The van der Waals surface area contributed by atoms with E-state index in [4.69, 9.17) is 18.9 Å². The summed E-state index contributed by atoms with van der Waals surface area (Å²) in [6.45, 7) is 16.7. The quantitative estimate of drug-likeness (QED) is 0.104. The maximum atomic E-state index is 13.6. The van der Waals surface area contributed by atoms with Crippen molar-refractivity contribution < 1.29 is 48.0 Å². The van der Waals surface area contributed by atoms with Crippen LogP contribution in [0.2, 0.25) is 0 Å². The number of rotatable bonds is 10. The molecule has 8 fully saturated rings. The van der Waals surface area contributed by atoms with Gasteiger partial charge >= 0.3 is 23.9 Å². The summed E-state index contributed by atoms with van der Waals surface area (Å²) in [6, 6.07) is 6.12. The molecule has 0 heterocycles. The average molecular weight is 1040 g/mol. The molecule has 12 rings (SSSR count). The van der Waals surface area contributed by atoms with Crippen molar-refractivity contribution in [2.24, 2.45) is 99.1 Å². The van der Waals surface area contributed by atoms with Crippen molar-refractivity contribution in [1.29, 1.82) is 0 Å². The second-order valence-electron chi connectivity index (χ2n) is 28.5. The van der Waals surface area contributed by atoms with Crippen molar-refractivity contribution >= 4 is 29.7 Å². The van der Waals surface area contributed by atoms with Crippen molar-refractivity contribution in [2.75, 3.05) is 0 Å². The van der Waals surface area contributed by atoms with E-state index in [0.29, 0.717) is 107 Å². The molecular weight excluding hydrogens is 953 g/mol. The summed E-state index contributed by atoms with van der Waals surface area (Å²) >= 11 is 0. The van der Waals surface area contributed by atoms with Crippen LogP contribution in [-0.2, 0) is 44.6 Å². The lowest BCUT2D eigenvalue weighted by Gasteiger charge is -2.58. The van der Waals surface area contributed by atoms with Crippen molar-refractivity contribution in [1.82, 2.24) is 0 Å². The number of carbonyl (C=O) groups is 5. The Morgan fingerprint density at radius 2 is 1.09 bits per heavy atom. The Kier molecular flexibility index (Phi) is 14.0. The predicted molar refractivity (Wildman–Crippen MR) is 288 cm³/mol. The van der Waals surface area contributed by atoms with Crippen molar-refractivity contribution in [3.05, 3.63) is 52.6 Å². The van der Waals surface area contributed by atoms with Crippen LogP contribution in [-0.4, -0.2) is 59.2 Å². The molecule has 0 saturated heterocycles. The van der Waals surface area contributed by atoms with E-state index in [2.05, 4.69) is 60.6 Å². The second kappa shape index (κ2) is 20.1. The van der Waals surface area contributed by atoms with Gasteiger partial charge in [0.1, 0.15) is 24.1 Å². The van der Waals surface area contributed by atoms with E-state index in [1.807, 2.05) is 18.2 Å². The van der Waals surface area contributed by atoms with Crippen LogP contribution in [0.3, 0.4) is 0 Å². The topological polar surface area (TPSA) is 142 Å². The molecule has 1 aromatic carbocycles. The minimum absolute atomic E-state index is 0.00400. The van der Waals surface area contributed by atoms with Gasteiger partial charge in [-0.15, -0.1) is 0 Å². The Labute approximate surface area is 453 Å². The zero-order chi connectivity index (χ0) is 53.2. The molecule has 11 aliphatic carbocycles. The highest BCUT2D eigenvalue weighted by Crippen LogP contribution is 2.68. The lowest BCUT2D eigenvalue weighted by molar-refractivity contribution is -0.167. The molecule has 0 spiro atoms. The van der Waals surface area contributed by atoms with E-state index >= 15 is 0 Å². The third-order valence-electron chi connectivity index (χ3n) is 24.6. The maximum Gasteiger partial charge on any atom is 0.311 e. The van der Waals surface area contributed by atoms with E-state index < -0.39 is 5.97 Å². The average Bonchev–Trinajstić information content (AvgIpc) is 4.00. The molecule has 0 amide bonds. The largest absolute Gasteiger partial charge is 0.462 e. The molecule has 22 atom stereocenters. The monoisotopic (exact) mass is 1040 g/mol. The highest BCUT2D eigenvalue weighted by molar-refractivity contribution is 5.91. The normalized spacial score (nSPS) is 45.6. The fourth-order valence-electron chi connectivity index (χ4n) is 21.7. The van der Waals surface area contributed by atoms with Crippen LogP contribution < -0.4 is 4.74 Å². The SMILES string of the molecule is CC1CC2(C)C(OC(=O)CCC(=O)Oc3ccc4c(c3)CCC3C4CCC4(C)C(OC(=O)CCC(=O)OC5CCC6C7C(C)CC8=CC(O)CCC8C7C(C)CC56C)CCC34)CCC2C2C(C)CC3=CC(=O)CCC3C12. The van der Waals surface area contributed by atoms with Crippen LogP contribution in [0.15, 0.2) is 41.5 Å². The lowest BCUT2D eigenvalue weighted by Crippen LogP contribution is -2.54. The first-order chi connectivity index (χ1) is 36.3. The number of aryl methyl sites for hydroxylation is 1. The van der Waals surface area contributed by atoms with Gasteiger partial charge in [-0.2, -0.15) is 0 Å². The summed E-state index contributed by atoms with van der Waals surface area (Å²) < 4.78 is 24.9. The first-order valence-corrected chi connectivity index (χ1v) is 30.9. The number of benzene rings is 1. The van der Waals surface area contributed by atoms with Crippen molar-refractivity contribution in [3.8, 4) is 5.75 Å². The number of ketones is 1. The molecule has 11 aliphatic rings. The van der Waals surface area contributed by atoms with E-state index in [9.17, 15) is 29.1 Å². The van der Waals surface area contributed by atoms with E-state index in [1.54, 1.807) is 0 Å². The molecule has 22 unspecified atom stereocenters. The van der Waals surface area contributed by atoms with Crippen LogP contribution in [0.1, 0.15) is 200 Å². The number of ether oxygens (including phenoxy) is 4. The third-order valence-corrected chi connectivity index (χ3v) is 24.6. The number of hydrogen-bond donors (Lipinski definition) is 1. The molecule has 10 nitrogen and oxygen atoms in total. The van der Waals surface area contributed by atoms with Crippen LogP contribution in [0.25, 0.3) is 0 Å². The molecule has 10 heteroatoms. The zero-order valence-electron chi connectivity index (χ0n) is 47.0. The van der Waals surface area contributed by atoms with Gasteiger partial charge in [-0.3, -0.25) is 24.0 Å². The lowest BCUT2D eigenvalue weighted by atomic mass is 9.47. The number of hydrogen-bond acceptors (Lipinski definition) is 10. The molecule has 0 aliphatic heterocycles. The summed E-state index contributed by atoms with van der Waals surface area (Å²) in [5.41, 5.74) is 5.20. The zero-order valence-corrected chi connectivity index (χ0v) is 47.0. The Balaban J connectivity index is 0.597. The fourth-order valence-corrected chi connectivity index (χ4v) is 21.7. The Morgan fingerprint density at radius 3 is 1.70 bits per heavy atom. The minimum Gasteiger partial charge on any atom is -0.462 e. The Bertz CT molecular complexity index is 2540. The number of aliphatic hydroxyl groups is 1. The molecular formula is C66H90O10. The van der Waals surface area contributed by atoms with E-state index in [-0.39, 0.29) is 84.3 Å². The maximum absolute atomic E-state index is 13.6. The van der Waals surface area contributed by atoms with Gasteiger partial charge in [-0.25, -0.2) is 0 Å². The number of carbonyl (C=O) groups excluding carboxylic acids is 5. The van der Waals surface area contributed by atoms with Gasteiger partial charge in [0, 0.05) is 22.7 Å². The number of esters is 4. The summed E-state index contributed by atoms with van der Waals surface area (Å²) in [6.07, 6.45) is 20.9. The van der Waals surface area contributed by atoms with Crippen LogP contribution in [0.5, 0.6) is 5.75 Å². The van der Waals surface area contributed by atoms with Gasteiger partial charge in [0.25, 0.3) is 0 Å². The molecule has 0 aromatic heterocycles. The van der Waals surface area contributed by atoms with Crippen molar-refractivity contribution in [3.63, 3.8) is 0 Å². The van der Waals surface area contributed by atoms with E-state index in [0.717, 1.165) is 109 Å². The summed E-state index contributed by atoms with van der Waals surface area (Å²) in [4.78, 5) is 66.1. The molecule has 76 heavy (non-hydrogen) atoms. The summed E-state index contributed by atoms with van der Waals surface area (Å²) in [5, 5.41) is 10.4. The van der Waals surface area contributed by atoms with Gasteiger partial charge in [-0.05, 0) is 227 Å². The minimum atomic E-state index is -0.417. The predicted octanol–water partition coefficient (Wildman–Crippen LogP) is 12.8.